The molecule has 0 atom stereocenters. The summed E-state index contributed by atoms with van der Waals surface area (Å²) in [6.45, 7) is 1.76. The lowest BCUT2D eigenvalue weighted by atomic mass is 10.2. The van der Waals surface area contributed by atoms with Crippen molar-refractivity contribution < 1.29 is 13.9 Å². The number of rotatable bonds is 4. The number of esters is 1. The maximum Gasteiger partial charge on any atom is 0.345 e. The van der Waals surface area contributed by atoms with Crippen molar-refractivity contribution in [1.29, 1.82) is 0 Å². The number of ether oxygens (including phenoxy) is 1. The highest BCUT2D eigenvalue weighted by Gasteiger charge is 2.24. The standard InChI is InChI=1S/C18H19FN2O4/c1-2-25-17(23)15-11-20(13-5-3-4-6-13)18(24)21(16(15)22)14-9-7-12(19)8-10-14/h7-11,13H,2-6H2,1H3. The molecule has 1 fully saturated rings. The highest BCUT2D eigenvalue weighted by Crippen LogP contribution is 2.28. The first-order chi connectivity index (χ1) is 12.0. The summed E-state index contributed by atoms with van der Waals surface area (Å²) in [6, 6.07) is 4.95. The summed E-state index contributed by atoms with van der Waals surface area (Å²) in [5.74, 6) is -1.25. The molecule has 6 nitrogen and oxygen atoms in total. The second-order valence-corrected chi connectivity index (χ2v) is 6.01. The Morgan fingerprint density at radius 1 is 1.20 bits per heavy atom. The molecule has 0 radical (unpaired) electrons. The van der Waals surface area contributed by atoms with Crippen LogP contribution in [0.5, 0.6) is 0 Å². The fourth-order valence-electron chi connectivity index (χ4n) is 3.18. The monoisotopic (exact) mass is 346 g/mol. The zero-order valence-corrected chi connectivity index (χ0v) is 13.9. The molecule has 0 unspecified atom stereocenters. The highest BCUT2D eigenvalue weighted by atomic mass is 19.1. The molecule has 1 saturated carbocycles. The number of carbonyl (C=O) groups is 1. The van der Waals surface area contributed by atoms with E-state index in [0.29, 0.717) is 0 Å². The van der Waals surface area contributed by atoms with Crippen molar-refractivity contribution in [1.82, 2.24) is 9.13 Å². The molecule has 25 heavy (non-hydrogen) atoms. The SMILES string of the molecule is CCOC(=O)c1cn(C2CCCC2)c(=O)n(-c2ccc(F)cc2)c1=O. The van der Waals surface area contributed by atoms with Crippen LogP contribution in [-0.2, 0) is 4.74 Å². The fourth-order valence-corrected chi connectivity index (χ4v) is 3.18. The number of hydrogen-bond acceptors (Lipinski definition) is 4. The number of carbonyl (C=O) groups excluding carboxylic acids is 1. The molecule has 3 rings (SSSR count). The van der Waals surface area contributed by atoms with Gasteiger partial charge in [0.25, 0.3) is 5.56 Å². The van der Waals surface area contributed by atoms with E-state index < -0.39 is 23.0 Å². The molecule has 0 saturated heterocycles. The van der Waals surface area contributed by atoms with Gasteiger partial charge in [0.1, 0.15) is 11.4 Å². The van der Waals surface area contributed by atoms with E-state index in [1.54, 1.807) is 6.92 Å². The molecule has 1 aliphatic carbocycles. The molecular formula is C18H19FN2O4. The number of benzene rings is 1. The Morgan fingerprint density at radius 3 is 2.44 bits per heavy atom. The van der Waals surface area contributed by atoms with Crippen molar-refractivity contribution in [2.75, 3.05) is 6.61 Å². The molecule has 0 aliphatic heterocycles. The van der Waals surface area contributed by atoms with E-state index >= 15 is 0 Å². The van der Waals surface area contributed by atoms with Crippen LogP contribution in [0.4, 0.5) is 4.39 Å². The van der Waals surface area contributed by atoms with Gasteiger partial charge in [0, 0.05) is 12.2 Å². The van der Waals surface area contributed by atoms with Gasteiger partial charge in [0.05, 0.1) is 12.3 Å². The summed E-state index contributed by atoms with van der Waals surface area (Å²) in [6.07, 6.45) is 4.90. The third-order valence-corrected chi connectivity index (χ3v) is 4.41. The zero-order valence-electron chi connectivity index (χ0n) is 13.9. The molecule has 1 heterocycles. The van der Waals surface area contributed by atoms with Gasteiger partial charge in [-0.15, -0.1) is 0 Å². The molecule has 0 N–H and O–H groups in total. The third-order valence-electron chi connectivity index (χ3n) is 4.41. The van der Waals surface area contributed by atoms with Crippen LogP contribution in [0.15, 0.2) is 40.1 Å². The maximum atomic E-state index is 13.2. The van der Waals surface area contributed by atoms with Crippen molar-refractivity contribution in [3.05, 3.63) is 62.7 Å². The molecule has 0 amide bonds. The Labute approximate surface area is 143 Å². The number of aromatic nitrogens is 2. The van der Waals surface area contributed by atoms with E-state index in [2.05, 4.69) is 0 Å². The van der Waals surface area contributed by atoms with Gasteiger partial charge in [-0.2, -0.15) is 0 Å². The Balaban J connectivity index is 2.24. The topological polar surface area (TPSA) is 70.3 Å². The van der Waals surface area contributed by atoms with E-state index in [4.69, 9.17) is 4.74 Å². The second kappa shape index (κ2) is 7.04. The largest absolute Gasteiger partial charge is 0.462 e. The van der Waals surface area contributed by atoms with Crippen LogP contribution in [0, 0.1) is 5.82 Å². The first kappa shape index (κ1) is 17.1. The van der Waals surface area contributed by atoms with Crippen molar-refractivity contribution >= 4 is 5.97 Å². The molecule has 1 aromatic heterocycles. The van der Waals surface area contributed by atoms with Crippen LogP contribution in [0.3, 0.4) is 0 Å². The maximum absolute atomic E-state index is 13.2. The number of halogens is 1. The lowest BCUT2D eigenvalue weighted by Crippen LogP contribution is -2.42. The lowest BCUT2D eigenvalue weighted by molar-refractivity contribution is 0.0522. The molecule has 7 heteroatoms. The molecule has 2 aromatic rings. The molecule has 0 bridgehead atoms. The minimum atomic E-state index is -0.768. The van der Waals surface area contributed by atoms with E-state index in [-0.39, 0.29) is 23.9 Å². The number of nitrogens with zero attached hydrogens (tertiary/aromatic N) is 2. The normalized spacial score (nSPS) is 14.6. The van der Waals surface area contributed by atoms with E-state index in [9.17, 15) is 18.8 Å². The average Bonchev–Trinajstić information content (AvgIpc) is 3.11. The van der Waals surface area contributed by atoms with E-state index in [1.807, 2.05) is 0 Å². The van der Waals surface area contributed by atoms with Gasteiger partial charge in [0.2, 0.25) is 0 Å². The minimum Gasteiger partial charge on any atom is -0.462 e. The first-order valence-corrected chi connectivity index (χ1v) is 8.34. The summed E-state index contributed by atoms with van der Waals surface area (Å²) >= 11 is 0. The van der Waals surface area contributed by atoms with Gasteiger partial charge in [-0.25, -0.2) is 18.5 Å². The van der Waals surface area contributed by atoms with Gasteiger partial charge in [-0.05, 0) is 44.0 Å². The van der Waals surface area contributed by atoms with Crippen LogP contribution >= 0.6 is 0 Å². The van der Waals surface area contributed by atoms with Crippen LogP contribution in [0.25, 0.3) is 5.69 Å². The molecule has 1 aliphatic rings. The van der Waals surface area contributed by atoms with Gasteiger partial charge < -0.3 is 4.74 Å². The Kier molecular flexibility index (Phi) is 4.83. The Hall–Kier alpha value is -2.70. The molecule has 1 aromatic carbocycles. The van der Waals surface area contributed by atoms with Gasteiger partial charge in [-0.1, -0.05) is 12.8 Å². The van der Waals surface area contributed by atoms with Crippen molar-refractivity contribution in [2.45, 2.75) is 38.6 Å². The minimum absolute atomic E-state index is 0.0621. The van der Waals surface area contributed by atoms with E-state index in [1.165, 1.54) is 22.9 Å². The van der Waals surface area contributed by atoms with Crippen LogP contribution < -0.4 is 11.2 Å². The quantitative estimate of drug-likeness (QED) is 0.797. The molecule has 0 spiro atoms. The van der Waals surface area contributed by atoms with Crippen LogP contribution in [-0.4, -0.2) is 21.7 Å². The molecule has 132 valence electrons. The fraction of sp³-hybridized carbons (Fsp3) is 0.389. The smallest absolute Gasteiger partial charge is 0.345 e. The zero-order chi connectivity index (χ0) is 18.0. The summed E-state index contributed by atoms with van der Waals surface area (Å²) in [5.41, 5.74) is -1.27. The lowest BCUT2D eigenvalue weighted by Gasteiger charge is -2.17. The Morgan fingerprint density at radius 2 is 1.84 bits per heavy atom. The van der Waals surface area contributed by atoms with Crippen LogP contribution in [0.2, 0.25) is 0 Å². The van der Waals surface area contributed by atoms with Crippen molar-refractivity contribution in [3.63, 3.8) is 0 Å². The predicted octanol–water partition coefficient (Wildman–Crippen LogP) is 2.43. The third kappa shape index (κ3) is 3.26. The first-order valence-electron chi connectivity index (χ1n) is 8.34. The van der Waals surface area contributed by atoms with Crippen LogP contribution in [0.1, 0.15) is 49.0 Å². The summed E-state index contributed by atoms with van der Waals surface area (Å²) in [7, 11) is 0. The average molecular weight is 346 g/mol. The van der Waals surface area contributed by atoms with E-state index in [0.717, 1.165) is 42.4 Å². The summed E-state index contributed by atoms with van der Waals surface area (Å²) in [4.78, 5) is 37.8. The van der Waals surface area contributed by atoms with Gasteiger partial charge in [-0.3, -0.25) is 9.36 Å². The molecular weight excluding hydrogens is 327 g/mol. The highest BCUT2D eigenvalue weighted by molar-refractivity contribution is 5.88. The van der Waals surface area contributed by atoms with Gasteiger partial charge in [0.15, 0.2) is 0 Å². The Bertz CT molecular complexity index is 893. The second-order valence-electron chi connectivity index (χ2n) is 6.01. The van der Waals surface area contributed by atoms with Gasteiger partial charge >= 0.3 is 11.7 Å². The summed E-state index contributed by atoms with van der Waals surface area (Å²) in [5, 5.41) is 0. The van der Waals surface area contributed by atoms with Crippen molar-refractivity contribution in [3.8, 4) is 5.69 Å². The van der Waals surface area contributed by atoms with Crippen molar-refractivity contribution in [2.24, 2.45) is 0 Å². The number of hydrogen-bond donors (Lipinski definition) is 0. The predicted molar refractivity (Wildman–Crippen MR) is 89.7 cm³/mol. The summed E-state index contributed by atoms with van der Waals surface area (Å²) < 4.78 is 20.5.